The van der Waals surface area contributed by atoms with Gasteiger partial charge in [-0.2, -0.15) is 0 Å². The highest BCUT2D eigenvalue weighted by Gasteiger charge is 2.17. The minimum absolute atomic E-state index is 0.0302. The van der Waals surface area contributed by atoms with Gasteiger partial charge in [0, 0.05) is 13.1 Å². The summed E-state index contributed by atoms with van der Waals surface area (Å²) in [5, 5.41) is 0. The Morgan fingerprint density at radius 2 is 2.05 bits per heavy atom. The van der Waals surface area contributed by atoms with Crippen LogP contribution in [0, 0.1) is 6.92 Å². The molecule has 0 spiro atoms. The molecule has 0 atom stereocenters. The van der Waals surface area contributed by atoms with E-state index in [0.29, 0.717) is 32.2 Å². The quantitative estimate of drug-likeness (QED) is 0.848. The van der Waals surface area contributed by atoms with Crippen LogP contribution in [0.1, 0.15) is 30.9 Å². The van der Waals surface area contributed by atoms with Gasteiger partial charge in [-0.1, -0.05) is 26.0 Å². The van der Waals surface area contributed by atoms with Crippen molar-refractivity contribution in [2.24, 2.45) is 0 Å². The van der Waals surface area contributed by atoms with Crippen LogP contribution in [-0.4, -0.2) is 43.7 Å². The summed E-state index contributed by atoms with van der Waals surface area (Å²) in [7, 11) is 0. The maximum atomic E-state index is 12.0. The van der Waals surface area contributed by atoms with Crippen LogP contribution in [0.15, 0.2) is 18.2 Å². The number of hydrogen-bond acceptors (Lipinski definition) is 3. The van der Waals surface area contributed by atoms with Gasteiger partial charge in [-0.05, 0) is 30.0 Å². The molecule has 0 aliphatic carbocycles. The Kier molecular flexibility index (Phi) is 5.01. The Morgan fingerprint density at radius 1 is 1.35 bits per heavy atom. The number of amides is 1. The van der Waals surface area contributed by atoms with Crippen molar-refractivity contribution >= 4 is 5.91 Å². The Bertz CT molecular complexity index is 465. The second-order valence-electron chi connectivity index (χ2n) is 5.46. The zero-order valence-corrected chi connectivity index (χ0v) is 12.5. The minimum Gasteiger partial charge on any atom is -0.483 e. The third kappa shape index (κ3) is 3.73. The van der Waals surface area contributed by atoms with Crippen LogP contribution in [0.5, 0.6) is 5.75 Å². The second kappa shape index (κ2) is 6.75. The first-order chi connectivity index (χ1) is 9.58. The van der Waals surface area contributed by atoms with Crippen LogP contribution in [0.4, 0.5) is 0 Å². The van der Waals surface area contributed by atoms with Crippen LogP contribution in [0.2, 0.25) is 0 Å². The van der Waals surface area contributed by atoms with Crippen molar-refractivity contribution in [2.75, 3.05) is 32.9 Å². The van der Waals surface area contributed by atoms with E-state index in [2.05, 4.69) is 19.9 Å². The van der Waals surface area contributed by atoms with Crippen molar-refractivity contribution in [1.82, 2.24) is 4.90 Å². The molecule has 0 radical (unpaired) electrons. The van der Waals surface area contributed by atoms with E-state index in [1.54, 1.807) is 4.90 Å². The summed E-state index contributed by atoms with van der Waals surface area (Å²) < 4.78 is 10.9. The standard InChI is InChI=1S/C16H23NO3/c1-12(2)14-5-4-13(3)15(10-14)20-11-16(18)17-6-8-19-9-7-17/h4-5,10,12H,6-9,11H2,1-3H3. The van der Waals surface area contributed by atoms with Gasteiger partial charge in [-0.25, -0.2) is 0 Å². The molecule has 2 rings (SSSR count). The van der Waals surface area contributed by atoms with E-state index >= 15 is 0 Å². The molecule has 1 heterocycles. The lowest BCUT2D eigenvalue weighted by atomic mass is 10.0. The molecule has 1 aromatic carbocycles. The molecule has 1 aliphatic rings. The molecule has 4 heteroatoms. The van der Waals surface area contributed by atoms with Crippen LogP contribution in [-0.2, 0) is 9.53 Å². The lowest BCUT2D eigenvalue weighted by Crippen LogP contribution is -2.43. The number of nitrogens with zero attached hydrogens (tertiary/aromatic N) is 1. The number of aryl methyl sites for hydroxylation is 1. The molecule has 4 nitrogen and oxygen atoms in total. The van der Waals surface area contributed by atoms with Crippen molar-refractivity contribution in [3.63, 3.8) is 0 Å². The zero-order valence-electron chi connectivity index (χ0n) is 12.5. The lowest BCUT2D eigenvalue weighted by Gasteiger charge is -2.26. The molecular formula is C16H23NO3. The molecule has 1 amide bonds. The summed E-state index contributed by atoms with van der Waals surface area (Å²) in [6, 6.07) is 6.19. The van der Waals surface area contributed by atoms with Gasteiger partial charge in [-0.3, -0.25) is 4.79 Å². The monoisotopic (exact) mass is 277 g/mol. The van der Waals surface area contributed by atoms with E-state index in [-0.39, 0.29) is 12.5 Å². The largest absolute Gasteiger partial charge is 0.483 e. The Balaban J connectivity index is 1.95. The van der Waals surface area contributed by atoms with Crippen molar-refractivity contribution < 1.29 is 14.3 Å². The van der Waals surface area contributed by atoms with E-state index in [9.17, 15) is 4.79 Å². The molecule has 110 valence electrons. The molecule has 20 heavy (non-hydrogen) atoms. The SMILES string of the molecule is Cc1ccc(C(C)C)cc1OCC(=O)N1CCOCC1. The summed E-state index contributed by atoms with van der Waals surface area (Å²) in [6.45, 7) is 8.95. The van der Waals surface area contributed by atoms with E-state index < -0.39 is 0 Å². The van der Waals surface area contributed by atoms with Crippen LogP contribution in [0.25, 0.3) is 0 Å². The number of hydrogen-bond donors (Lipinski definition) is 0. The molecule has 0 unspecified atom stereocenters. The number of ether oxygens (including phenoxy) is 2. The summed E-state index contributed by atoms with van der Waals surface area (Å²) in [5.74, 6) is 1.29. The number of morpholine rings is 1. The predicted octanol–water partition coefficient (Wildman–Crippen LogP) is 2.36. The highest BCUT2D eigenvalue weighted by Crippen LogP contribution is 2.24. The predicted molar refractivity (Wildman–Crippen MR) is 78.2 cm³/mol. The van der Waals surface area contributed by atoms with Crippen LogP contribution in [0.3, 0.4) is 0 Å². The summed E-state index contributed by atoms with van der Waals surface area (Å²) >= 11 is 0. The maximum Gasteiger partial charge on any atom is 0.260 e. The summed E-state index contributed by atoms with van der Waals surface area (Å²) in [4.78, 5) is 13.8. The molecule has 0 bridgehead atoms. The van der Waals surface area contributed by atoms with Crippen molar-refractivity contribution in [3.8, 4) is 5.75 Å². The first-order valence-electron chi connectivity index (χ1n) is 7.17. The Hall–Kier alpha value is -1.55. The van der Waals surface area contributed by atoms with Gasteiger partial charge in [-0.15, -0.1) is 0 Å². The van der Waals surface area contributed by atoms with E-state index in [1.807, 2.05) is 19.1 Å². The van der Waals surface area contributed by atoms with Gasteiger partial charge in [0.1, 0.15) is 5.75 Å². The summed E-state index contributed by atoms with van der Waals surface area (Å²) in [5.41, 5.74) is 2.29. The lowest BCUT2D eigenvalue weighted by molar-refractivity contribution is -0.137. The third-order valence-corrected chi connectivity index (χ3v) is 3.59. The normalized spacial score (nSPS) is 15.5. The maximum absolute atomic E-state index is 12.0. The molecule has 1 aromatic rings. The van der Waals surface area contributed by atoms with E-state index in [1.165, 1.54) is 5.56 Å². The molecule has 1 fully saturated rings. The molecule has 0 saturated carbocycles. The van der Waals surface area contributed by atoms with Gasteiger partial charge in [0.05, 0.1) is 13.2 Å². The van der Waals surface area contributed by atoms with E-state index in [4.69, 9.17) is 9.47 Å². The van der Waals surface area contributed by atoms with Crippen LogP contribution < -0.4 is 4.74 Å². The van der Waals surface area contributed by atoms with Gasteiger partial charge in [0.25, 0.3) is 5.91 Å². The van der Waals surface area contributed by atoms with Crippen molar-refractivity contribution in [1.29, 1.82) is 0 Å². The highest BCUT2D eigenvalue weighted by atomic mass is 16.5. The van der Waals surface area contributed by atoms with Gasteiger partial charge < -0.3 is 14.4 Å². The first kappa shape index (κ1) is 14.9. The average Bonchev–Trinajstić information content (AvgIpc) is 2.46. The van der Waals surface area contributed by atoms with Gasteiger partial charge in [0.15, 0.2) is 6.61 Å². The molecule has 0 aromatic heterocycles. The fourth-order valence-corrected chi connectivity index (χ4v) is 2.17. The number of carbonyl (C=O) groups is 1. The number of carbonyl (C=O) groups excluding carboxylic acids is 1. The smallest absolute Gasteiger partial charge is 0.260 e. The van der Waals surface area contributed by atoms with Gasteiger partial charge >= 0.3 is 0 Å². The molecule has 1 aliphatic heterocycles. The van der Waals surface area contributed by atoms with Crippen molar-refractivity contribution in [3.05, 3.63) is 29.3 Å². The van der Waals surface area contributed by atoms with Crippen LogP contribution >= 0.6 is 0 Å². The minimum atomic E-state index is 0.0302. The highest BCUT2D eigenvalue weighted by molar-refractivity contribution is 5.77. The van der Waals surface area contributed by atoms with Crippen molar-refractivity contribution in [2.45, 2.75) is 26.7 Å². The molecule has 0 N–H and O–H groups in total. The Labute approximate surface area is 120 Å². The fourth-order valence-electron chi connectivity index (χ4n) is 2.17. The molecule has 1 saturated heterocycles. The topological polar surface area (TPSA) is 38.8 Å². The number of rotatable bonds is 4. The third-order valence-electron chi connectivity index (χ3n) is 3.59. The van der Waals surface area contributed by atoms with E-state index in [0.717, 1.165) is 11.3 Å². The Morgan fingerprint density at radius 3 is 2.70 bits per heavy atom. The zero-order chi connectivity index (χ0) is 14.5. The molecular weight excluding hydrogens is 254 g/mol. The average molecular weight is 277 g/mol. The number of benzene rings is 1. The first-order valence-corrected chi connectivity index (χ1v) is 7.17. The summed E-state index contributed by atoms with van der Waals surface area (Å²) in [6.07, 6.45) is 0. The van der Waals surface area contributed by atoms with Gasteiger partial charge in [0.2, 0.25) is 0 Å². The second-order valence-corrected chi connectivity index (χ2v) is 5.46. The fraction of sp³-hybridized carbons (Fsp3) is 0.562.